The van der Waals surface area contributed by atoms with Crippen LogP contribution in [0.3, 0.4) is 0 Å². The molecule has 0 aromatic heterocycles. The SMILES string of the molecule is CCN(CC)c1ccc(/C=N/NC(=O)COc2ccc(C(C)C)cc2Br)cc1. The van der Waals surface area contributed by atoms with E-state index in [1.807, 2.05) is 30.3 Å². The molecular weight excluding hydrogens is 418 g/mol. The molecule has 0 aliphatic heterocycles. The number of benzene rings is 2. The number of hydrogen-bond donors (Lipinski definition) is 1. The summed E-state index contributed by atoms with van der Waals surface area (Å²) in [7, 11) is 0. The van der Waals surface area contributed by atoms with Gasteiger partial charge in [-0.25, -0.2) is 5.43 Å². The van der Waals surface area contributed by atoms with Crippen molar-refractivity contribution < 1.29 is 9.53 Å². The molecular formula is C22H28BrN3O2. The van der Waals surface area contributed by atoms with Gasteiger partial charge in [-0.3, -0.25) is 4.79 Å². The lowest BCUT2D eigenvalue weighted by Gasteiger charge is -2.20. The van der Waals surface area contributed by atoms with Crippen molar-refractivity contribution >= 4 is 33.7 Å². The number of hydrogen-bond acceptors (Lipinski definition) is 4. The van der Waals surface area contributed by atoms with Crippen LogP contribution in [0.15, 0.2) is 52.0 Å². The summed E-state index contributed by atoms with van der Waals surface area (Å²) in [6.45, 7) is 10.4. The molecule has 28 heavy (non-hydrogen) atoms. The lowest BCUT2D eigenvalue weighted by Crippen LogP contribution is -2.24. The van der Waals surface area contributed by atoms with Crippen molar-refractivity contribution in [2.24, 2.45) is 5.10 Å². The minimum absolute atomic E-state index is 0.0993. The summed E-state index contributed by atoms with van der Waals surface area (Å²) < 4.78 is 6.40. The van der Waals surface area contributed by atoms with Crippen LogP contribution in [0.25, 0.3) is 0 Å². The molecule has 2 rings (SSSR count). The van der Waals surface area contributed by atoms with Gasteiger partial charge in [0.15, 0.2) is 6.61 Å². The van der Waals surface area contributed by atoms with Crippen molar-refractivity contribution in [3.63, 3.8) is 0 Å². The number of nitrogens with one attached hydrogen (secondary N) is 1. The van der Waals surface area contributed by atoms with Crippen LogP contribution >= 0.6 is 15.9 Å². The molecule has 0 unspecified atom stereocenters. The second-order valence-electron chi connectivity index (χ2n) is 6.69. The van der Waals surface area contributed by atoms with E-state index in [1.165, 1.54) is 11.3 Å². The van der Waals surface area contributed by atoms with E-state index in [-0.39, 0.29) is 12.5 Å². The largest absolute Gasteiger partial charge is 0.483 e. The normalized spacial score (nSPS) is 11.1. The average molecular weight is 446 g/mol. The maximum Gasteiger partial charge on any atom is 0.277 e. The molecule has 0 bridgehead atoms. The molecule has 0 saturated heterocycles. The van der Waals surface area contributed by atoms with Gasteiger partial charge in [-0.2, -0.15) is 5.10 Å². The molecule has 0 radical (unpaired) electrons. The third-order valence-corrected chi connectivity index (χ3v) is 5.03. The van der Waals surface area contributed by atoms with Gasteiger partial charge in [-0.05, 0) is 71.1 Å². The van der Waals surface area contributed by atoms with Crippen LogP contribution < -0.4 is 15.1 Å². The number of anilines is 1. The fourth-order valence-corrected chi connectivity index (χ4v) is 3.22. The molecule has 5 nitrogen and oxygen atoms in total. The van der Waals surface area contributed by atoms with Crippen molar-refractivity contribution in [3.8, 4) is 5.75 Å². The lowest BCUT2D eigenvalue weighted by molar-refractivity contribution is -0.123. The Morgan fingerprint density at radius 2 is 1.86 bits per heavy atom. The smallest absolute Gasteiger partial charge is 0.277 e. The van der Waals surface area contributed by atoms with E-state index in [2.05, 4.69) is 71.2 Å². The molecule has 0 spiro atoms. The molecule has 0 saturated carbocycles. The van der Waals surface area contributed by atoms with Gasteiger partial charge in [-0.1, -0.05) is 32.0 Å². The summed E-state index contributed by atoms with van der Waals surface area (Å²) >= 11 is 3.49. The number of carbonyl (C=O) groups excluding carboxylic acids is 1. The summed E-state index contributed by atoms with van der Waals surface area (Å²) in [5.41, 5.74) is 5.79. The van der Waals surface area contributed by atoms with E-state index in [9.17, 15) is 4.79 Å². The molecule has 1 N–H and O–H groups in total. The summed E-state index contributed by atoms with van der Waals surface area (Å²) in [5.74, 6) is 0.760. The summed E-state index contributed by atoms with van der Waals surface area (Å²) in [5, 5.41) is 4.00. The van der Waals surface area contributed by atoms with E-state index >= 15 is 0 Å². The highest BCUT2D eigenvalue weighted by atomic mass is 79.9. The first kappa shape index (κ1) is 22.0. The Kier molecular flexibility index (Phi) is 8.51. The summed E-state index contributed by atoms with van der Waals surface area (Å²) in [6, 6.07) is 13.9. The fraction of sp³-hybridized carbons (Fsp3) is 0.364. The number of ether oxygens (including phenoxy) is 1. The van der Waals surface area contributed by atoms with Crippen LogP contribution in [-0.2, 0) is 4.79 Å². The second-order valence-corrected chi connectivity index (χ2v) is 7.54. The Balaban J connectivity index is 1.84. The van der Waals surface area contributed by atoms with Gasteiger partial charge in [0.25, 0.3) is 5.91 Å². The highest BCUT2D eigenvalue weighted by Crippen LogP contribution is 2.28. The van der Waals surface area contributed by atoms with Crippen molar-refractivity contribution in [2.45, 2.75) is 33.6 Å². The number of rotatable bonds is 9. The van der Waals surface area contributed by atoms with Crippen molar-refractivity contribution in [3.05, 3.63) is 58.1 Å². The van der Waals surface area contributed by atoms with Crippen molar-refractivity contribution in [1.82, 2.24) is 5.43 Å². The van der Waals surface area contributed by atoms with Gasteiger partial charge < -0.3 is 9.64 Å². The molecule has 0 atom stereocenters. The Morgan fingerprint density at radius 1 is 1.18 bits per heavy atom. The van der Waals surface area contributed by atoms with Gasteiger partial charge in [-0.15, -0.1) is 0 Å². The van der Waals surface area contributed by atoms with E-state index in [0.29, 0.717) is 11.7 Å². The highest BCUT2D eigenvalue weighted by molar-refractivity contribution is 9.10. The first-order chi connectivity index (χ1) is 13.4. The third kappa shape index (κ3) is 6.37. The molecule has 0 heterocycles. The summed E-state index contributed by atoms with van der Waals surface area (Å²) in [6.07, 6.45) is 1.62. The van der Waals surface area contributed by atoms with E-state index in [1.54, 1.807) is 6.21 Å². The maximum atomic E-state index is 11.9. The quantitative estimate of drug-likeness (QED) is 0.438. The minimum atomic E-state index is -0.309. The Labute approximate surface area is 175 Å². The first-order valence-electron chi connectivity index (χ1n) is 9.53. The maximum absolute atomic E-state index is 11.9. The van der Waals surface area contributed by atoms with Crippen LogP contribution in [0, 0.1) is 0 Å². The Hall–Kier alpha value is -2.34. The van der Waals surface area contributed by atoms with Crippen LogP contribution in [-0.4, -0.2) is 31.8 Å². The highest BCUT2D eigenvalue weighted by Gasteiger charge is 2.07. The number of hydrazone groups is 1. The van der Waals surface area contributed by atoms with Gasteiger partial charge in [0.1, 0.15) is 5.75 Å². The fourth-order valence-electron chi connectivity index (χ4n) is 2.71. The van der Waals surface area contributed by atoms with Crippen LogP contribution in [0.2, 0.25) is 0 Å². The zero-order valence-corrected chi connectivity index (χ0v) is 18.5. The monoisotopic (exact) mass is 445 g/mol. The van der Waals surface area contributed by atoms with E-state index in [0.717, 1.165) is 23.1 Å². The predicted octanol–water partition coefficient (Wildman–Crippen LogP) is 4.95. The Bertz CT molecular complexity index is 800. The van der Waals surface area contributed by atoms with Crippen LogP contribution in [0.1, 0.15) is 44.7 Å². The molecule has 1 amide bonds. The van der Waals surface area contributed by atoms with Crippen molar-refractivity contribution in [2.75, 3.05) is 24.6 Å². The van der Waals surface area contributed by atoms with Gasteiger partial charge in [0.05, 0.1) is 10.7 Å². The van der Waals surface area contributed by atoms with Crippen LogP contribution in [0.5, 0.6) is 5.75 Å². The molecule has 150 valence electrons. The predicted molar refractivity (Wildman–Crippen MR) is 119 cm³/mol. The molecule has 0 aliphatic carbocycles. The first-order valence-corrected chi connectivity index (χ1v) is 10.3. The van der Waals surface area contributed by atoms with Crippen LogP contribution in [0.4, 0.5) is 5.69 Å². The average Bonchev–Trinajstić information content (AvgIpc) is 2.69. The van der Waals surface area contributed by atoms with Crippen molar-refractivity contribution in [1.29, 1.82) is 0 Å². The molecule has 2 aromatic carbocycles. The zero-order valence-electron chi connectivity index (χ0n) is 16.9. The second kappa shape index (κ2) is 10.9. The van der Waals surface area contributed by atoms with E-state index < -0.39 is 0 Å². The standard InChI is InChI=1S/C22H28BrN3O2/c1-5-26(6-2)19-10-7-17(8-11-19)14-24-25-22(27)15-28-21-12-9-18(16(3)4)13-20(21)23/h7-14,16H,5-6,15H2,1-4H3,(H,25,27)/b24-14+. The van der Waals surface area contributed by atoms with Gasteiger partial charge in [0, 0.05) is 18.8 Å². The zero-order chi connectivity index (χ0) is 20.5. The minimum Gasteiger partial charge on any atom is -0.483 e. The molecule has 0 fully saturated rings. The third-order valence-electron chi connectivity index (χ3n) is 4.41. The molecule has 6 heteroatoms. The topological polar surface area (TPSA) is 53.9 Å². The van der Waals surface area contributed by atoms with E-state index in [4.69, 9.17) is 4.74 Å². The number of halogens is 1. The van der Waals surface area contributed by atoms with Gasteiger partial charge >= 0.3 is 0 Å². The Morgan fingerprint density at radius 3 is 2.43 bits per heavy atom. The number of nitrogens with zero attached hydrogens (tertiary/aromatic N) is 2. The van der Waals surface area contributed by atoms with Gasteiger partial charge in [0.2, 0.25) is 0 Å². The molecule has 0 aliphatic rings. The molecule has 2 aromatic rings. The lowest BCUT2D eigenvalue weighted by atomic mass is 10.0. The number of amides is 1. The summed E-state index contributed by atoms with van der Waals surface area (Å²) in [4.78, 5) is 14.2. The number of carbonyl (C=O) groups is 1.